The number of hydrogen-bond acceptors (Lipinski definition) is 3. The molecule has 0 bridgehead atoms. The van der Waals surface area contributed by atoms with E-state index in [0.29, 0.717) is 0 Å². The van der Waals surface area contributed by atoms with Crippen LogP contribution >= 0.6 is 0 Å². The molecule has 1 N–H and O–H groups in total. The van der Waals surface area contributed by atoms with Gasteiger partial charge in [-0.15, -0.1) is 0 Å². The Bertz CT molecular complexity index is 2830. The van der Waals surface area contributed by atoms with Gasteiger partial charge in [0.15, 0.2) is 0 Å². The zero-order valence-electron chi connectivity index (χ0n) is 30.6. The first-order valence-electron chi connectivity index (χ1n) is 19.2. The molecule has 2 aliphatic heterocycles. The molecule has 56 heavy (non-hydrogen) atoms. The standard InChI is InChI=1S/C53H36N2O/c1-3-16-35(17-4-1)40-22-7-8-25-43(40)49-34-48(54-52(55-49)36-18-5-2-6-19-36)39-21-15-20-37(32-39)38-30-31-47-51(33-38)56-50-29-14-13-28-46(50)53(47)44-26-11-9-23-41(44)42-24-10-12-27-45(42)53/h1-34,49H,(H,54,55). The Morgan fingerprint density at radius 2 is 0.964 bits per heavy atom. The van der Waals surface area contributed by atoms with Crippen LogP contribution in [-0.4, -0.2) is 5.84 Å². The Kier molecular flexibility index (Phi) is 7.46. The number of nitrogens with zero attached hydrogens (tertiary/aromatic N) is 1. The van der Waals surface area contributed by atoms with Crippen LogP contribution in [0, 0.1) is 0 Å². The van der Waals surface area contributed by atoms with Crippen LogP contribution < -0.4 is 10.1 Å². The zero-order valence-corrected chi connectivity index (χ0v) is 30.6. The van der Waals surface area contributed by atoms with E-state index in [2.05, 4.69) is 206 Å². The van der Waals surface area contributed by atoms with Crippen LogP contribution in [0.15, 0.2) is 211 Å². The lowest BCUT2D eigenvalue weighted by molar-refractivity contribution is 0.436. The summed E-state index contributed by atoms with van der Waals surface area (Å²) in [6.07, 6.45) is 2.26. The van der Waals surface area contributed by atoms with Crippen molar-refractivity contribution in [3.05, 3.63) is 245 Å². The summed E-state index contributed by atoms with van der Waals surface area (Å²) in [5.41, 5.74) is 15.8. The van der Waals surface area contributed by atoms with E-state index in [-0.39, 0.29) is 6.04 Å². The summed E-state index contributed by atoms with van der Waals surface area (Å²) in [6, 6.07) is 71.4. The number of hydrogen-bond donors (Lipinski definition) is 1. The van der Waals surface area contributed by atoms with Gasteiger partial charge in [-0.05, 0) is 74.3 Å². The molecule has 3 heteroatoms. The third-order valence-corrected chi connectivity index (χ3v) is 11.6. The molecule has 3 aliphatic rings. The average Bonchev–Trinajstić information content (AvgIpc) is 3.57. The smallest absolute Gasteiger partial charge is 0.134 e. The average molecular weight is 717 g/mol. The van der Waals surface area contributed by atoms with E-state index in [4.69, 9.17) is 9.73 Å². The Morgan fingerprint density at radius 3 is 1.71 bits per heavy atom. The summed E-state index contributed by atoms with van der Waals surface area (Å²) in [5.74, 6) is 2.62. The van der Waals surface area contributed by atoms with Crippen LogP contribution in [0.5, 0.6) is 11.5 Å². The van der Waals surface area contributed by atoms with Gasteiger partial charge in [0.1, 0.15) is 17.3 Å². The Hall–Kier alpha value is -7.23. The summed E-state index contributed by atoms with van der Waals surface area (Å²) in [4.78, 5) is 5.26. The molecule has 0 fully saturated rings. The van der Waals surface area contributed by atoms with E-state index in [9.17, 15) is 0 Å². The summed E-state index contributed by atoms with van der Waals surface area (Å²) >= 11 is 0. The third kappa shape index (κ3) is 5.02. The van der Waals surface area contributed by atoms with Gasteiger partial charge in [-0.3, -0.25) is 0 Å². The fourth-order valence-electron chi connectivity index (χ4n) is 9.16. The van der Waals surface area contributed by atoms with Crippen molar-refractivity contribution in [2.24, 2.45) is 4.99 Å². The molecule has 8 aromatic carbocycles. The number of rotatable bonds is 5. The molecule has 11 rings (SSSR count). The molecule has 3 nitrogen and oxygen atoms in total. The van der Waals surface area contributed by atoms with E-state index in [1.54, 1.807) is 0 Å². The molecule has 1 spiro atoms. The number of fused-ring (bicyclic) bond motifs is 9. The fraction of sp³-hybridized carbons (Fsp3) is 0.0377. The van der Waals surface area contributed by atoms with Gasteiger partial charge in [0.05, 0.1) is 17.2 Å². The lowest BCUT2D eigenvalue weighted by Gasteiger charge is -2.39. The van der Waals surface area contributed by atoms with E-state index in [1.165, 1.54) is 44.5 Å². The SMILES string of the molecule is C1=C(c2cccc(-c3ccc4c(c3)Oc3ccccc3C43c4ccccc4-c4ccccc43)c2)N=C(c2ccccc2)NC1c1ccccc1-c1ccccc1. The quantitative estimate of drug-likeness (QED) is 0.192. The number of benzene rings is 8. The van der Waals surface area contributed by atoms with Crippen molar-refractivity contribution in [1.29, 1.82) is 0 Å². The van der Waals surface area contributed by atoms with Gasteiger partial charge in [0.25, 0.3) is 0 Å². The molecule has 0 saturated heterocycles. The van der Waals surface area contributed by atoms with Crippen LogP contribution in [0.25, 0.3) is 39.1 Å². The maximum atomic E-state index is 6.84. The highest BCUT2D eigenvalue weighted by atomic mass is 16.5. The first-order valence-corrected chi connectivity index (χ1v) is 19.2. The second-order valence-electron chi connectivity index (χ2n) is 14.7. The zero-order chi connectivity index (χ0) is 37.1. The van der Waals surface area contributed by atoms with Gasteiger partial charge >= 0.3 is 0 Å². The van der Waals surface area contributed by atoms with Gasteiger partial charge in [-0.2, -0.15) is 0 Å². The van der Waals surface area contributed by atoms with E-state index in [0.717, 1.165) is 50.8 Å². The molecule has 1 unspecified atom stereocenters. The number of nitrogens with one attached hydrogen (secondary N) is 1. The number of para-hydroxylation sites is 1. The second-order valence-corrected chi connectivity index (χ2v) is 14.7. The first kappa shape index (κ1) is 32.2. The number of ether oxygens (including phenoxy) is 1. The van der Waals surface area contributed by atoms with Gasteiger partial charge in [-0.1, -0.05) is 182 Å². The van der Waals surface area contributed by atoms with Gasteiger partial charge in [0.2, 0.25) is 0 Å². The lowest BCUT2D eigenvalue weighted by atomic mass is 9.66. The highest BCUT2D eigenvalue weighted by Crippen LogP contribution is 2.62. The minimum absolute atomic E-state index is 0.0941. The molecule has 2 heterocycles. The molecular formula is C53H36N2O. The third-order valence-electron chi connectivity index (χ3n) is 11.6. The summed E-state index contributed by atoms with van der Waals surface area (Å²) in [5, 5.41) is 3.78. The van der Waals surface area contributed by atoms with Gasteiger partial charge in [-0.25, -0.2) is 4.99 Å². The molecule has 0 saturated carbocycles. The molecule has 1 atom stereocenters. The first-order chi connectivity index (χ1) is 27.8. The van der Waals surface area contributed by atoms with Crippen LogP contribution in [0.2, 0.25) is 0 Å². The molecule has 264 valence electrons. The predicted molar refractivity (Wildman–Crippen MR) is 228 cm³/mol. The van der Waals surface area contributed by atoms with Crippen molar-refractivity contribution in [3.8, 4) is 44.9 Å². The van der Waals surface area contributed by atoms with Crippen molar-refractivity contribution in [2.45, 2.75) is 11.5 Å². The van der Waals surface area contributed by atoms with Crippen LogP contribution in [0.4, 0.5) is 0 Å². The molecular weight excluding hydrogens is 681 g/mol. The van der Waals surface area contributed by atoms with Gasteiger partial charge < -0.3 is 10.1 Å². The maximum absolute atomic E-state index is 6.84. The highest BCUT2D eigenvalue weighted by molar-refractivity contribution is 6.03. The minimum atomic E-state index is -0.481. The Labute approximate surface area is 327 Å². The van der Waals surface area contributed by atoms with Crippen LogP contribution in [0.1, 0.15) is 45.0 Å². The lowest BCUT2D eigenvalue weighted by Crippen LogP contribution is -2.32. The highest BCUT2D eigenvalue weighted by Gasteiger charge is 2.50. The van der Waals surface area contributed by atoms with Crippen molar-refractivity contribution in [1.82, 2.24) is 5.32 Å². The fourth-order valence-corrected chi connectivity index (χ4v) is 9.16. The predicted octanol–water partition coefficient (Wildman–Crippen LogP) is 12.6. The Morgan fingerprint density at radius 1 is 0.411 bits per heavy atom. The molecule has 8 aromatic rings. The topological polar surface area (TPSA) is 33.6 Å². The summed E-state index contributed by atoms with van der Waals surface area (Å²) in [7, 11) is 0. The number of amidine groups is 1. The van der Waals surface area contributed by atoms with Crippen molar-refractivity contribution >= 4 is 11.5 Å². The Balaban J connectivity index is 1.04. The van der Waals surface area contributed by atoms with Crippen LogP contribution in [-0.2, 0) is 5.41 Å². The molecule has 1 aliphatic carbocycles. The van der Waals surface area contributed by atoms with Crippen molar-refractivity contribution in [2.75, 3.05) is 0 Å². The molecule has 0 aromatic heterocycles. The largest absolute Gasteiger partial charge is 0.457 e. The summed E-state index contributed by atoms with van der Waals surface area (Å²) in [6.45, 7) is 0. The minimum Gasteiger partial charge on any atom is -0.457 e. The monoisotopic (exact) mass is 716 g/mol. The molecule has 0 amide bonds. The van der Waals surface area contributed by atoms with E-state index in [1.807, 2.05) is 6.07 Å². The maximum Gasteiger partial charge on any atom is 0.134 e. The van der Waals surface area contributed by atoms with Crippen molar-refractivity contribution in [3.63, 3.8) is 0 Å². The van der Waals surface area contributed by atoms with Crippen LogP contribution in [0.3, 0.4) is 0 Å². The second kappa shape index (κ2) is 13.0. The van der Waals surface area contributed by atoms with E-state index < -0.39 is 5.41 Å². The van der Waals surface area contributed by atoms with Gasteiger partial charge in [0, 0.05) is 22.3 Å². The number of aliphatic imine (C=N–C) groups is 1. The molecule has 0 radical (unpaired) electrons. The van der Waals surface area contributed by atoms with E-state index >= 15 is 0 Å². The van der Waals surface area contributed by atoms with Crippen molar-refractivity contribution < 1.29 is 4.74 Å². The summed E-state index contributed by atoms with van der Waals surface area (Å²) < 4.78 is 6.84. The normalized spacial score (nSPS) is 15.6.